The summed E-state index contributed by atoms with van der Waals surface area (Å²) in [6.45, 7) is 16.0. The van der Waals surface area contributed by atoms with Gasteiger partial charge in [0.2, 0.25) is 11.8 Å². The van der Waals surface area contributed by atoms with E-state index in [4.69, 9.17) is 14.5 Å². The summed E-state index contributed by atoms with van der Waals surface area (Å²) in [7, 11) is 0. The van der Waals surface area contributed by atoms with Crippen LogP contribution in [-0.2, 0) is 22.5 Å². The molecular weight excluding hydrogens is 523 g/mol. The number of aromatic nitrogens is 1. The number of morpholine rings is 1. The number of para-hydroxylation sites is 1. The zero-order valence-electron chi connectivity index (χ0n) is 24.2. The summed E-state index contributed by atoms with van der Waals surface area (Å²) in [5.41, 5.74) is 4.49. The van der Waals surface area contributed by atoms with Crippen LogP contribution in [0.1, 0.15) is 36.2 Å². The molecule has 2 atom stereocenters. The summed E-state index contributed by atoms with van der Waals surface area (Å²) in [5, 5.41) is 10.4. The van der Waals surface area contributed by atoms with Gasteiger partial charge in [0.05, 0.1) is 36.8 Å². The lowest BCUT2D eigenvalue weighted by Gasteiger charge is -2.46. The first-order valence-electron chi connectivity index (χ1n) is 14.4. The summed E-state index contributed by atoms with van der Waals surface area (Å²) in [6, 6.07) is 7.38. The van der Waals surface area contributed by atoms with E-state index in [9.17, 15) is 14.4 Å². The molecule has 0 radical (unpaired) electrons. The monoisotopic (exact) mass is 562 g/mol. The number of hydrogen-bond donors (Lipinski definition) is 0. The minimum absolute atomic E-state index is 0.0774. The van der Waals surface area contributed by atoms with Crippen molar-refractivity contribution < 1.29 is 18.7 Å². The number of halogens is 1. The van der Waals surface area contributed by atoms with E-state index in [1.54, 1.807) is 6.07 Å². The second kappa shape index (κ2) is 12.5. The van der Waals surface area contributed by atoms with E-state index < -0.39 is 0 Å². The second-order valence-electron chi connectivity index (χ2n) is 11.1. The van der Waals surface area contributed by atoms with Crippen molar-refractivity contribution in [3.63, 3.8) is 0 Å². The molecule has 0 bridgehead atoms. The molecule has 4 heterocycles. The average Bonchev–Trinajstić information content (AvgIpc) is 2.96. The number of benzene rings is 1. The minimum Gasteiger partial charge on any atom is -0.475 e. The second-order valence-corrected chi connectivity index (χ2v) is 11.1. The van der Waals surface area contributed by atoms with Gasteiger partial charge < -0.3 is 24.2 Å². The topological polar surface area (TPSA) is 85.2 Å². The first-order chi connectivity index (χ1) is 19.8. The maximum absolute atomic E-state index is 14.9. The molecule has 2 fully saturated rings. The van der Waals surface area contributed by atoms with E-state index in [-0.39, 0.29) is 23.8 Å². The van der Waals surface area contributed by atoms with E-state index in [1.165, 1.54) is 12.1 Å². The van der Waals surface area contributed by atoms with Crippen molar-refractivity contribution in [1.29, 1.82) is 5.26 Å². The first kappa shape index (κ1) is 28.8. The van der Waals surface area contributed by atoms with E-state index in [1.807, 2.05) is 36.6 Å². The molecule has 3 aliphatic heterocycles. The Kier molecular flexibility index (Phi) is 8.76. The summed E-state index contributed by atoms with van der Waals surface area (Å²) >= 11 is 0. The Morgan fingerprint density at radius 1 is 1.20 bits per heavy atom. The molecule has 5 rings (SSSR count). The number of fused-ring (bicyclic) bond motifs is 1. The Morgan fingerprint density at radius 2 is 1.93 bits per heavy atom. The van der Waals surface area contributed by atoms with Gasteiger partial charge in [-0.3, -0.25) is 9.69 Å². The predicted octanol–water partition coefficient (Wildman–Crippen LogP) is 3.29. The Morgan fingerprint density at radius 3 is 2.59 bits per heavy atom. The van der Waals surface area contributed by atoms with Crippen molar-refractivity contribution in [3.8, 4) is 11.9 Å². The third-order valence-electron chi connectivity index (χ3n) is 8.32. The number of aryl methyl sites for hydroxylation is 1. The number of carbonyl (C=O) groups is 1. The van der Waals surface area contributed by atoms with Crippen LogP contribution in [0.15, 0.2) is 30.9 Å². The van der Waals surface area contributed by atoms with E-state index in [0.29, 0.717) is 76.1 Å². The van der Waals surface area contributed by atoms with Crippen LogP contribution < -0.4 is 14.5 Å². The van der Waals surface area contributed by atoms with Gasteiger partial charge in [0.1, 0.15) is 24.1 Å². The van der Waals surface area contributed by atoms with Gasteiger partial charge in [-0.05, 0) is 44.9 Å². The minimum atomic E-state index is -0.255. The van der Waals surface area contributed by atoms with Crippen LogP contribution in [0.25, 0.3) is 0 Å². The Labute approximate surface area is 241 Å². The summed E-state index contributed by atoms with van der Waals surface area (Å²) < 4.78 is 26.6. The zero-order chi connectivity index (χ0) is 29.1. The lowest BCUT2D eigenvalue weighted by atomic mass is 9.96. The van der Waals surface area contributed by atoms with Gasteiger partial charge in [-0.1, -0.05) is 18.7 Å². The van der Waals surface area contributed by atoms with Gasteiger partial charge in [-0.2, -0.15) is 5.26 Å². The van der Waals surface area contributed by atoms with Gasteiger partial charge in [-0.15, -0.1) is 0 Å². The molecular formula is C31H39FN6O3. The average molecular weight is 563 g/mol. The molecule has 2 aromatic rings. The van der Waals surface area contributed by atoms with Gasteiger partial charge in [0.25, 0.3) is 0 Å². The predicted molar refractivity (Wildman–Crippen MR) is 156 cm³/mol. The van der Waals surface area contributed by atoms with Gasteiger partial charge in [0.15, 0.2) is 0 Å². The molecule has 218 valence electrons. The van der Waals surface area contributed by atoms with Crippen LogP contribution in [0.2, 0.25) is 0 Å². The highest BCUT2D eigenvalue weighted by Gasteiger charge is 2.36. The molecule has 0 unspecified atom stereocenters. The first-order valence-corrected chi connectivity index (χ1v) is 14.4. The molecule has 0 saturated carbocycles. The molecule has 10 heteroatoms. The smallest absolute Gasteiger partial charge is 0.246 e. The number of pyridine rings is 1. The lowest BCUT2D eigenvalue weighted by Crippen LogP contribution is -2.58. The molecule has 9 nitrogen and oxygen atoms in total. The molecule has 0 spiro atoms. The standard InChI is InChI=1S/C31H39FN6O3/c1-5-28(39)38-22(3)18-37(19-23(38)4)30-24-9-10-36(29-21(2)7-6-8-26(29)32)20-27(24)34-31(25(30)17-33)41-16-13-35-11-14-40-15-12-35/h5-8,22-23H,1,9-16,18-20H2,2-4H3/t22-,23+. The molecule has 1 aromatic carbocycles. The maximum Gasteiger partial charge on any atom is 0.246 e. The highest BCUT2D eigenvalue weighted by molar-refractivity contribution is 5.88. The molecule has 1 aromatic heterocycles. The number of nitrogens with zero attached hydrogens (tertiary/aromatic N) is 6. The zero-order valence-corrected chi connectivity index (χ0v) is 24.2. The quantitative estimate of drug-likeness (QED) is 0.476. The van der Waals surface area contributed by atoms with Crippen molar-refractivity contribution in [2.45, 2.75) is 45.8 Å². The third-order valence-corrected chi connectivity index (χ3v) is 8.32. The number of rotatable bonds is 7. The van der Waals surface area contributed by atoms with Crippen LogP contribution in [0, 0.1) is 24.1 Å². The van der Waals surface area contributed by atoms with E-state index in [2.05, 4.69) is 22.4 Å². The van der Waals surface area contributed by atoms with Crippen molar-refractivity contribution in [1.82, 2.24) is 14.8 Å². The van der Waals surface area contributed by atoms with Crippen molar-refractivity contribution in [2.75, 3.05) is 68.9 Å². The van der Waals surface area contributed by atoms with Crippen molar-refractivity contribution >= 4 is 17.3 Å². The van der Waals surface area contributed by atoms with Gasteiger partial charge in [-0.25, -0.2) is 9.37 Å². The van der Waals surface area contributed by atoms with Crippen LogP contribution in [0.5, 0.6) is 5.88 Å². The van der Waals surface area contributed by atoms with Crippen LogP contribution in [0.4, 0.5) is 15.8 Å². The molecule has 0 aliphatic carbocycles. The maximum atomic E-state index is 14.9. The van der Waals surface area contributed by atoms with E-state index >= 15 is 0 Å². The molecule has 41 heavy (non-hydrogen) atoms. The highest BCUT2D eigenvalue weighted by atomic mass is 19.1. The van der Waals surface area contributed by atoms with E-state index in [0.717, 1.165) is 35.6 Å². The molecule has 0 N–H and O–H groups in total. The van der Waals surface area contributed by atoms with Crippen LogP contribution >= 0.6 is 0 Å². The number of hydrogen-bond acceptors (Lipinski definition) is 8. The highest BCUT2D eigenvalue weighted by Crippen LogP contribution is 2.39. The normalized spacial score (nSPS) is 21.3. The number of nitriles is 1. The number of piperazine rings is 1. The Hall–Kier alpha value is -3.68. The summed E-state index contributed by atoms with van der Waals surface area (Å²) in [4.78, 5) is 25.8. The number of anilines is 2. The number of amides is 1. The fourth-order valence-corrected chi connectivity index (χ4v) is 6.44. The number of carbonyl (C=O) groups excluding carboxylic acids is 1. The third kappa shape index (κ3) is 5.88. The van der Waals surface area contributed by atoms with Crippen molar-refractivity contribution in [2.24, 2.45) is 0 Å². The summed E-state index contributed by atoms with van der Waals surface area (Å²) in [6.07, 6.45) is 1.97. The largest absolute Gasteiger partial charge is 0.475 e. The molecule has 3 aliphatic rings. The van der Waals surface area contributed by atoms with Gasteiger partial charge >= 0.3 is 0 Å². The fourth-order valence-electron chi connectivity index (χ4n) is 6.44. The van der Waals surface area contributed by atoms with Crippen LogP contribution in [0.3, 0.4) is 0 Å². The Balaban J connectivity index is 1.50. The lowest BCUT2D eigenvalue weighted by molar-refractivity contribution is -0.130. The van der Waals surface area contributed by atoms with Crippen molar-refractivity contribution in [3.05, 3.63) is 59.1 Å². The van der Waals surface area contributed by atoms with Gasteiger partial charge in [0, 0.05) is 56.9 Å². The fraction of sp³-hybridized carbons (Fsp3) is 0.516. The van der Waals surface area contributed by atoms with Crippen LogP contribution in [-0.4, -0.2) is 91.9 Å². The Bertz CT molecular complexity index is 1310. The summed E-state index contributed by atoms with van der Waals surface area (Å²) in [5.74, 6) is -0.0357. The molecule has 1 amide bonds. The number of ether oxygens (including phenoxy) is 2. The molecule has 2 saturated heterocycles. The SMILES string of the molecule is C=CC(=O)N1[C@H](C)CN(c2c(C#N)c(OCCN3CCOCC3)nc3c2CCN(c2c(C)cccc2F)C3)C[C@@H]1C.